The fourth-order valence-electron chi connectivity index (χ4n) is 1.81. The van der Waals surface area contributed by atoms with E-state index in [0.29, 0.717) is 6.07 Å². The van der Waals surface area contributed by atoms with E-state index in [1.807, 2.05) is 13.8 Å². The third-order valence-electron chi connectivity index (χ3n) is 2.92. The lowest BCUT2D eigenvalue weighted by atomic mass is 9.93. The molecule has 0 unspecified atom stereocenters. The number of hydrogen-bond acceptors (Lipinski definition) is 2. The van der Waals surface area contributed by atoms with Crippen LogP contribution >= 0.6 is 0 Å². The van der Waals surface area contributed by atoms with Crippen molar-refractivity contribution in [1.29, 1.82) is 0 Å². The van der Waals surface area contributed by atoms with Gasteiger partial charge in [0.2, 0.25) is 0 Å². The average molecular weight is 291 g/mol. The topological polar surface area (TPSA) is 29.1 Å². The number of hydrogen-bond donors (Lipinski definition) is 1. The number of halogens is 4. The summed E-state index contributed by atoms with van der Waals surface area (Å²) in [6.45, 7) is 5.21. The van der Waals surface area contributed by atoms with Crippen LogP contribution in [-0.4, -0.2) is 18.4 Å². The Bertz CT molecular complexity index is 483. The minimum atomic E-state index is -4.60. The second-order valence-corrected chi connectivity index (χ2v) is 4.96. The minimum Gasteiger partial charge on any atom is -0.313 e. The van der Waals surface area contributed by atoms with Crippen molar-refractivity contribution in [3.05, 3.63) is 35.1 Å². The average Bonchev–Trinajstić information content (AvgIpc) is 2.28. The molecule has 0 saturated carbocycles. The quantitative estimate of drug-likeness (QED) is 0.841. The summed E-state index contributed by atoms with van der Waals surface area (Å²) in [7, 11) is 0. The maximum absolute atomic E-state index is 13.8. The predicted molar refractivity (Wildman–Crippen MR) is 68.0 cm³/mol. The zero-order valence-electron chi connectivity index (χ0n) is 11.5. The van der Waals surface area contributed by atoms with Crippen LogP contribution in [0.2, 0.25) is 0 Å². The van der Waals surface area contributed by atoms with Gasteiger partial charge in [-0.15, -0.1) is 0 Å². The van der Waals surface area contributed by atoms with E-state index in [4.69, 9.17) is 0 Å². The normalized spacial score (nSPS) is 13.6. The molecule has 0 spiro atoms. The molecule has 0 radical (unpaired) electrons. The summed E-state index contributed by atoms with van der Waals surface area (Å²) in [6.07, 6.45) is -4.60. The van der Waals surface area contributed by atoms with Crippen molar-refractivity contribution < 1.29 is 22.4 Å². The molecule has 20 heavy (non-hydrogen) atoms. The molecular formula is C14H17F4NO. The van der Waals surface area contributed by atoms with Crippen LogP contribution in [0.25, 0.3) is 0 Å². The van der Waals surface area contributed by atoms with Crippen molar-refractivity contribution in [3.63, 3.8) is 0 Å². The molecule has 0 aromatic heterocycles. The van der Waals surface area contributed by atoms with Gasteiger partial charge in [-0.25, -0.2) is 4.39 Å². The summed E-state index contributed by atoms with van der Waals surface area (Å²) in [5, 5.41) is 2.99. The SMILES string of the molecule is CC(=O)[C@H](CNC(C)C)c1ccc(C(F)(F)F)cc1F. The molecule has 0 aliphatic heterocycles. The van der Waals surface area contributed by atoms with Gasteiger partial charge in [0.15, 0.2) is 0 Å². The Morgan fingerprint density at radius 1 is 1.30 bits per heavy atom. The van der Waals surface area contributed by atoms with E-state index in [0.717, 1.165) is 12.1 Å². The van der Waals surface area contributed by atoms with Crippen molar-refractivity contribution in [2.75, 3.05) is 6.54 Å². The molecule has 1 aromatic rings. The smallest absolute Gasteiger partial charge is 0.313 e. The molecule has 2 nitrogen and oxygen atoms in total. The fraction of sp³-hybridized carbons (Fsp3) is 0.500. The minimum absolute atomic E-state index is 0.0151. The van der Waals surface area contributed by atoms with Gasteiger partial charge in [-0.05, 0) is 24.6 Å². The third kappa shape index (κ3) is 4.30. The summed E-state index contributed by atoms with van der Waals surface area (Å²) >= 11 is 0. The maximum Gasteiger partial charge on any atom is 0.416 e. The van der Waals surface area contributed by atoms with E-state index in [1.165, 1.54) is 6.92 Å². The Morgan fingerprint density at radius 2 is 1.90 bits per heavy atom. The highest BCUT2D eigenvalue weighted by molar-refractivity contribution is 5.83. The van der Waals surface area contributed by atoms with Crippen LogP contribution in [-0.2, 0) is 11.0 Å². The molecular weight excluding hydrogens is 274 g/mol. The van der Waals surface area contributed by atoms with Crippen molar-refractivity contribution in [1.82, 2.24) is 5.32 Å². The Morgan fingerprint density at radius 3 is 2.30 bits per heavy atom. The highest BCUT2D eigenvalue weighted by Crippen LogP contribution is 2.31. The second-order valence-electron chi connectivity index (χ2n) is 4.96. The molecule has 1 rings (SSSR count). The molecule has 0 amide bonds. The third-order valence-corrected chi connectivity index (χ3v) is 2.92. The predicted octanol–water partition coefficient (Wildman–Crippen LogP) is 3.52. The van der Waals surface area contributed by atoms with E-state index in [9.17, 15) is 22.4 Å². The van der Waals surface area contributed by atoms with Gasteiger partial charge in [0, 0.05) is 12.6 Å². The van der Waals surface area contributed by atoms with Crippen molar-refractivity contribution in [3.8, 4) is 0 Å². The summed E-state index contributed by atoms with van der Waals surface area (Å²) in [4.78, 5) is 11.6. The number of ketones is 1. The van der Waals surface area contributed by atoms with Gasteiger partial charge in [-0.1, -0.05) is 19.9 Å². The van der Waals surface area contributed by atoms with Crippen molar-refractivity contribution in [2.24, 2.45) is 0 Å². The Labute approximate surface area is 115 Å². The first-order chi connectivity index (χ1) is 9.12. The molecule has 6 heteroatoms. The van der Waals surface area contributed by atoms with Crippen LogP contribution in [0.15, 0.2) is 18.2 Å². The van der Waals surface area contributed by atoms with Crippen LogP contribution in [0.1, 0.15) is 37.8 Å². The molecule has 0 heterocycles. The zero-order chi connectivity index (χ0) is 15.5. The van der Waals surface area contributed by atoms with Crippen LogP contribution in [0, 0.1) is 5.82 Å². The number of nitrogens with one attached hydrogen (secondary N) is 1. The zero-order valence-corrected chi connectivity index (χ0v) is 11.5. The van der Waals surface area contributed by atoms with Crippen LogP contribution < -0.4 is 5.32 Å². The molecule has 0 fully saturated rings. The number of benzene rings is 1. The second kappa shape index (κ2) is 6.35. The molecule has 0 saturated heterocycles. The molecule has 1 N–H and O–H groups in total. The van der Waals surface area contributed by atoms with Gasteiger partial charge in [-0.2, -0.15) is 13.2 Å². The van der Waals surface area contributed by atoms with Gasteiger partial charge >= 0.3 is 6.18 Å². The first-order valence-corrected chi connectivity index (χ1v) is 6.23. The summed E-state index contributed by atoms with van der Waals surface area (Å²) in [6, 6.07) is 2.35. The van der Waals surface area contributed by atoms with Crippen molar-refractivity contribution >= 4 is 5.78 Å². The van der Waals surface area contributed by atoms with Gasteiger partial charge in [0.1, 0.15) is 11.6 Å². The fourth-order valence-corrected chi connectivity index (χ4v) is 1.81. The van der Waals surface area contributed by atoms with E-state index in [-0.39, 0.29) is 23.9 Å². The lowest BCUT2D eigenvalue weighted by Gasteiger charge is -2.18. The number of carbonyl (C=O) groups excluding carboxylic acids is 1. The molecule has 0 bridgehead atoms. The number of rotatable bonds is 5. The molecule has 0 aliphatic carbocycles. The number of alkyl halides is 3. The molecule has 0 aliphatic rings. The van der Waals surface area contributed by atoms with Gasteiger partial charge < -0.3 is 5.32 Å². The Kier molecular flexibility index (Phi) is 5.28. The first-order valence-electron chi connectivity index (χ1n) is 6.23. The lowest BCUT2D eigenvalue weighted by molar-refractivity contribution is -0.137. The van der Waals surface area contributed by atoms with Gasteiger partial charge in [0.05, 0.1) is 11.5 Å². The molecule has 1 atom stereocenters. The van der Waals surface area contributed by atoms with E-state index < -0.39 is 23.5 Å². The van der Waals surface area contributed by atoms with Crippen LogP contribution in [0.4, 0.5) is 17.6 Å². The number of Topliss-reactive ketones (excluding diaryl/α,β-unsaturated/α-hetero) is 1. The highest BCUT2D eigenvalue weighted by Gasteiger charge is 2.32. The summed E-state index contributed by atoms with van der Waals surface area (Å²) in [5.74, 6) is -2.10. The first kappa shape index (κ1) is 16.6. The highest BCUT2D eigenvalue weighted by atomic mass is 19.4. The molecule has 112 valence electrons. The Hall–Kier alpha value is -1.43. The van der Waals surface area contributed by atoms with E-state index in [1.54, 1.807) is 0 Å². The van der Waals surface area contributed by atoms with Crippen molar-refractivity contribution in [2.45, 2.75) is 38.9 Å². The lowest BCUT2D eigenvalue weighted by Crippen LogP contribution is -2.31. The van der Waals surface area contributed by atoms with E-state index >= 15 is 0 Å². The Balaban J connectivity index is 3.06. The van der Waals surface area contributed by atoms with Gasteiger partial charge in [0.25, 0.3) is 0 Å². The standard InChI is InChI=1S/C14H17F4NO/c1-8(2)19-7-12(9(3)20)11-5-4-10(6-13(11)15)14(16,17)18/h4-6,8,12,19H,7H2,1-3H3/t12-/m0/s1. The van der Waals surface area contributed by atoms with Gasteiger partial charge in [-0.3, -0.25) is 4.79 Å². The maximum atomic E-state index is 13.8. The van der Waals surface area contributed by atoms with E-state index in [2.05, 4.69) is 5.32 Å². The summed E-state index contributed by atoms with van der Waals surface area (Å²) in [5.41, 5.74) is -1.07. The summed E-state index contributed by atoms with van der Waals surface area (Å²) < 4.78 is 51.2. The van der Waals surface area contributed by atoms with Crippen LogP contribution in [0.5, 0.6) is 0 Å². The van der Waals surface area contributed by atoms with Crippen LogP contribution in [0.3, 0.4) is 0 Å². The monoisotopic (exact) mass is 291 g/mol. The molecule has 1 aromatic carbocycles. The largest absolute Gasteiger partial charge is 0.416 e. The number of carbonyl (C=O) groups is 1.